The van der Waals surface area contributed by atoms with E-state index in [1.54, 1.807) is 34.6 Å². The Morgan fingerprint density at radius 3 is 2.55 bits per heavy atom. The van der Waals surface area contributed by atoms with Gasteiger partial charge in [0.1, 0.15) is 11.8 Å². The van der Waals surface area contributed by atoms with E-state index >= 15 is 0 Å². The lowest BCUT2D eigenvalue weighted by Gasteiger charge is -2.26. The molecular weight excluding hydrogens is 572 g/mol. The van der Waals surface area contributed by atoms with Crippen molar-refractivity contribution in [2.45, 2.75) is 13.0 Å². The number of thiazole rings is 1. The summed E-state index contributed by atoms with van der Waals surface area (Å²) in [6, 6.07) is 19.7. The molecule has 2 aromatic heterocycles. The highest BCUT2D eigenvalue weighted by Gasteiger charge is 2.33. The molecule has 0 aliphatic carbocycles. The highest BCUT2D eigenvalue weighted by atomic mass is 32.1. The van der Waals surface area contributed by atoms with Crippen LogP contribution in [0.1, 0.15) is 23.4 Å². The second kappa shape index (κ2) is 12.3. The van der Waals surface area contributed by atoms with Gasteiger partial charge in [-0.1, -0.05) is 47.7 Å². The van der Waals surface area contributed by atoms with E-state index in [0.29, 0.717) is 58.3 Å². The minimum Gasteiger partial charge on any atom is -0.484 e. The molecule has 1 N–H and O–H groups in total. The first-order chi connectivity index (χ1) is 20.5. The molecular formula is C31H28N4O5S2. The molecule has 4 heterocycles. The van der Waals surface area contributed by atoms with Crippen molar-refractivity contribution in [3.05, 3.63) is 114 Å². The number of hydrogen-bond acceptors (Lipinski definition) is 8. The summed E-state index contributed by atoms with van der Waals surface area (Å²) in [6.07, 6.45) is 1.81. The number of ether oxygens (including phenoxy) is 2. The van der Waals surface area contributed by atoms with Crippen molar-refractivity contribution in [3.8, 4) is 5.75 Å². The number of hydrogen-bond donors (Lipinski definition) is 1. The van der Waals surface area contributed by atoms with Gasteiger partial charge in [-0.3, -0.25) is 19.0 Å². The zero-order valence-electron chi connectivity index (χ0n) is 22.8. The number of carbonyl (C=O) groups is 2. The number of aromatic nitrogens is 1. The van der Waals surface area contributed by atoms with E-state index in [4.69, 9.17) is 9.47 Å². The average molecular weight is 601 g/mol. The first-order valence-corrected chi connectivity index (χ1v) is 15.2. The second-order valence-electron chi connectivity index (χ2n) is 9.77. The van der Waals surface area contributed by atoms with Gasteiger partial charge in [0.05, 0.1) is 29.0 Å². The Balaban J connectivity index is 1.26. The summed E-state index contributed by atoms with van der Waals surface area (Å²) >= 11 is 2.78. The van der Waals surface area contributed by atoms with Crippen molar-refractivity contribution in [2.24, 2.45) is 4.99 Å². The minimum atomic E-state index is -0.591. The summed E-state index contributed by atoms with van der Waals surface area (Å²) in [6.45, 7) is 4.00. The van der Waals surface area contributed by atoms with Gasteiger partial charge in [-0.2, -0.15) is 0 Å². The third-order valence-electron chi connectivity index (χ3n) is 7.01. The van der Waals surface area contributed by atoms with Crippen LogP contribution in [0.3, 0.4) is 0 Å². The lowest BCUT2D eigenvalue weighted by Crippen LogP contribution is -2.42. The van der Waals surface area contributed by atoms with E-state index in [1.807, 2.05) is 60.0 Å². The highest BCUT2D eigenvalue weighted by molar-refractivity contribution is 7.10. The lowest BCUT2D eigenvalue weighted by atomic mass is 10.0. The van der Waals surface area contributed by atoms with Crippen molar-refractivity contribution in [1.29, 1.82) is 0 Å². The first-order valence-electron chi connectivity index (χ1n) is 13.5. The maximum atomic E-state index is 13.8. The van der Waals surface area contributed by atoms with Gasteiger partial charge in [0.25, 0.3) is 17.4 Å². The van der Waals surface area contributed by atoms with Gasteiger partial charge in [-0.15, -0.1) is 11.3 Å². The number of morpholine rings is 1. The van der Waals surface area contributed by atoms with E-state index in [0.717, 1.165) is 10.4 Å². The monoisotopic (exact) mass is 600 g/mol. The molecule has 2 amide bonds. The van der Waals surface area contributed by atoms with Crippen LogP contribution < -0.4 is 24.9 Å². The molecule has 11 heteroatoms. The van der Waals surface area contributed by atoms with E-state index < -0.39 is 6.04 Å². The number of allylic oxidation sites excluding steroid dienone is 1. The van der Waals surface area contributed by atoms with Crippen LogP contribution in [0.2, 0.25) is 0 Å². The number of fused-ring (bicyclic) bond motifs is 1. The molecule has 0 saturated carbocycles. The van der Waals surface area contributed by atoms with Gasteiger partial charge in [0.2, 0.25) is 0 Å². The number of nitrogens with zero attached hydrogens (tertiary/aromatic N) is 3. The van der Waals surface area contributed by atoms with E-state index in [2.05, 4.69) is 10.3 Å². The molecule has 0 radical (unpaired) electrons. The SMILES string of the molecule is CC1=C(C(=O)Nc2ccccc2)[C@H](c2cccs2)n2c(s/c(=C/c3ccc(OCC(=O)N4CCOCC4)cc3)c2=O)=N1. The molecule has 1 atom stereocenters. The second-order valence-corrected chi connectivity index (χ2v) is 11.8. The smallest absolute Gasteiger partial charge is 0.271 e. The topological polar surface area (TPSA) is 102 Å². The van der Waals surface area contributed by atoms with Crippen LogP contribution in [0.15, 0.2) is 93.2 Å². The predicted octanol–water partition coefficient (Wildman–Crippen LogP) is 3.17. The summed E-state index contributed by atoms with van der Waals surface area (Å²) in [7, 11) is 0. The number of thiophene rings is 1. The number of carbonyl (C=O) groups excluding carboxylic acids is 2. The quantitative estimate of drug-likeness (QED) is 0.351. The molecule has 6 rings (SSSR count). The zero-order chi connectivity index (χ0) is 29.1. The molecule has 0 bridgehead atoms. The molecule has 1 saturated heterocycles. The molecule has 214 valence electrons. The van der Waals surface area contributed by atoms with Crippen LogP contribution in [-0.2, 0) is 14.3 Å². The zero-order valence-corrected chi connectivity index (χ0v) is 24.5. The average Bonchev–Trinajstić information content (AvgIpc) is 3.65. The Hall–Kier alpha value is -4.32. The number of benzene rings is 2. The van der Waals surface area contributed by atoms with Crippen LogP contribution >= 0.6 is 22.7 Å². The number of rotatable bonds is 7. The fourth-order valence-corrected chi connectivity index (χ4v) is 6.78. The van der Waals surface area contributed by atoms with Crippen LogP contribution in [0.25, 0.3) is 6.08 Å². The van der Waals surface area contributed by atoms with Crippen molar-refractivity contribution in [3.63, 3.8) is 0 Å². The molecule has 2 aromatic carbocycles. The number of para-hydroxylation sites is 1. The molecule has 4 aromatic rings. The van der Waals surface area contributed by atoms with Gasteiger partial charge >= 0.3 is 0 Å². The number of amides is 2. The summed E-state index contributed by atoms with van der Waals surface area (Å²) < 4.78 is 13.1. The van der Waals surface area contributed by atoms with Crippen molar-refractivity contribution in [1.82, 2.24) is 9.47 Å². The van der Waals surface area contributed by atoms with E-state index in [1.165, 1.54) is 22.7 Å². The van der Waals surface area contributed by atoms with Crippen molar-refractivity contribution in [2.75, 3.05) is 38.2 Å². The Morgan fingerprint density at radius 1 is 1.07 bits per heavy atom. The Morgan fingerprint density at radius 2 is 1.83 bits per heavy atom. The maximum Gasteiger partial charge on any atom is 0.271 e. The highest BCUT2D eigenvalue weighted by Crippen LogP contribution is 2.33. The molecule has 0 spiro atoms. The van der Waals surface area contributed by atoms with Gasteiger partial charge < -0.3 is 19.7 Å². The molecule has 9 nitrogen and oxygen atoms in total. The third-order valence-corrected chi connectivity index (χ3v) is 8.92. The summed E-state index contributed by atoms with van der Waals surface area (Å²) in [5.41, 5.74) is 2.27. The summed E-state index contributed by atoms with van der Waals surface area (Å²) in [5.74, 6) is 0.200. The maximum absolute atomic E-state index is 13.8. The van der Waals surface area contributed by atoms with E-state index in [9.17, 15) is 14.4 Å². The van der Waals surface area contributed by atoms with Crippen LogP contribution in [-0.4, -0.2) is 54.2 Å². The predicted molar refractivity (Wildman–Crippen MR) is 162 cm³/mol. The normalized spacial score (nSPS) is 17.0. The minimum absolute atomic E-state index is 0.0415. The fraction of sp³-hybridized carbons (Fsp3) is 0.226. The van der Waals surface area contributed by atoms with Crippen molar-refractivity contribution < 1.29 is 19.1 Å². The number of anilines is 1. The van der Waals surface area contributed by atoms with Gasteiger partial charge in [-0.05, 0) is 54.3 Å². The first kappa shape index (κ1) is 27.8. The molecule has 2 aliphatic heterocycles. The molecule has 42 heavy (non-hydrogen) atoms. The Kier molecular flexibility index (Phi) is 8.13. The van der Waals surface area contributed by atoms with Gasteiger partial charge in [0, 0.05) is 23.7 Å². The fourth-order valence-electron chi connectivity index (χ4n) is 4.91. The van der Waals surface area contributed by atoms with Gasteiger partial charge in [0.15, 0.2) is 11.4 Å². The Bertz CT molecular complexity index is 1800. The molecule has 0 unspecified atom stereocenters. The Labute approximate surface area is 249 Å². The molecule has 1 fully saturated rings. The molecule has 2 aliphatic rings. The summed E-state index contributed by atoms with van der Waals surface area (Å²) in [5, 5.41) is 4.89. The van der Waals surface area contributed by atoms with Crippen LogP contribution in [0.5, 0.6) is 5.75 Å². The van der Waals surface area contributed by atoms with Gasteiger partial charge in [-0.25, -0.2) is 4.99 Å². The summed E-state index contributed by atoms with van der Waals surface area (Å²) in [4.78, 5) is 47.6. The van der Waals surface area contributed by atoms with E-state index in [-0.39, 0.29) is 24.0 Å². The largest absolute Gasteiger partial charge is 0.484 e. The number of nitrogens with one attached hydrogen (secondary N) is 1. The standard InChI is InChI=1S/C31H28N4O5S2/c1-20-27(29(37)33-22-6-3-2-4-7-22)28(24-8-5-17-41-24)35-30(38)25(42-31(35)32-20)18-21-9-11-23(12-10-21)40-19-26(36)34-13-15-39-16-14-34/h2-12,17-18,28H,13-16,19H2,1H3,(H,33,37)/b25-18+/t28-/m0/s1. The van der Waals surface area contributed by atoms with Crippen LogP contribution in [0, 0.1) is 0 Å². The lowest BCUT2D eigenvalue weighted by molar-refractivity contribution is -0.137. The van der Waals surface area contributed by atoms with Crippen LogP contribution in [0.4, 0.5) is 5.69 Å². The third kappa shape index (κ3) is 5.85. The van der Waals surface area contributed by atoms with Crippen molar-refractivity contribution >= 4 is 46.3 Å².